The van der Waals surface area contributed by atoms with Crippen molar-refractivity contribution in [1.29, 1.82) is 0 Å². The van der Waals surface area contributed by atoms with Crippen molar-refractivity contribution in [3.63, 3.8) is 0 Å². The van der Waals surface area contributed by atoms with Crippen LogP contribution in [0.15, 0.2) is 66.7 Å². The van der Waals surface area contributed by atoms with Gasteiger partial charge >= 0.3 is 0 Å². The molecule has 7 nitrogen and oxygen atoms in total. The van der Waals surface area contributed by atoms with Gasteiger partial charge in [0.05, 0.1) is 25.4 Å². The van der Waals surface area contributed by atoms with Crippen LogP contribution in [0.4, 0.5) is 5.69 Å². The van der Waals surface area contributed by atoms with Crippen molar-refractivity contribution < 1.29 is 19.4 Å². The molecule has 3 aromatic carbocycles. The molecule has 42 heavy (non-hydrogen) atoms. The van der Waals surface area contributed by atoms with Crippen molar-refractivity contribution in [2.75, 3.05) is 32.1 Å². The number of hydrogen-bond acceptors (Lipinski definition) is 6. The lowest BCUT2D eigenvalue weighted by atomic mass is 9.95. The Morgan fingerprint density at radius 3 is 2.69 bits per heavy atom. The van der Waals surface area contributed by atoms with Gasteiger partial charge in [-0.25, -0.2) is 0 Å². The summed E-state index contributed by atoms with van der Waals surface area (Å²) in [5.41, 5.74) is 5.81. The zero-order valence-electron chi connectivity index (χ0n) is 25.1. The number of carbonyl (C=O) groups excluding carboxylic acids is 1. The van der Waals surface area contributed by atoms with Crippen LogP contribution in [0.2, 0.25) is 0 Å². The van der Waals surface area contributed by atoms with Gasteiger partial charge in [0.1, 0.15) is 5.75 Å². The third-order valence-electron chi connectivity index (χ3n) is 8.38. The van der Waals surface area contributed by atoms with Gasteiger partial charge in [-0.2, -0.15) is 0 Å². The highest BCUT2D eigenvalue weighted by molar-refractivity contribution is 5.95. The molecule has 7 heteroatoms. The van der Waals surface area contributed by atoms with Crippen molar-refractivity contribution in [2.45, 2.75) is 76.2 Å². The van der Waals surface area contributed by atoms with Crippen molar-refractivity contribution in [3.05, 3.63) is 94.5 Å². The van der Waals surface area contributed by atoms with Crippen LogP contribution in [0.5, 0.6) is 5.75 Å². The highest BCUT2D eigenvalue weighted by Crippen LogP contribution is 2.46. The Morgan fingerprint density at radius 1 is 1.07 bits per heavy atom. The maximum atomic E-state index is 13.7. The molecule has 3 aromatic rings. The van der Waals surface area contributed by atoms with Crippen LogP contribution in [-0.4, -0.2) is 50.0 Å². The van der Waals surface area contributed by atoms with E-state index in [-0.39, 0.29) is 11.4 Å². The number of benzene rings is 3. The molecular formula is C35H45N3O4. The van der Waals surface area contributed by atoms with Crippen LogP contribution < -0.4 is 20.7 Å². The molecule has 2 atom stereocenters. The van der Waals surface area contributed by atoms with E-state index in [1.807, 2.05) is 42.5 Å². The normalized spacial score (nSPS) is 19.4. The van der Waals surface area contributed by atoms with Gasteiger partial charge in [-0.1, -0.05) is 50.2 Å². The third-order valence-corrected chi connectivity index (χ3v) is 8.38. The number of ether oxygens (including phenoxy) is 2. The molecule has 0 unspecified atom stereocenters. The van der Waals surface area contributed by atoms with Gasteiger partial charge in [-0.3, -0.25) is 4.79 Å². The number of hydrogen-bond donors (Lipinski definition) is 4. The fourth-order valence-corrected chi connectivity index (χ4v) is 5.71. The summed E-state index contributed by atoms with van der Waals surface area (Å²) in [7, 11) is 1.65. The first-order valence-corrected chi connectivity index (χ1v) is 15.3. The second-order valence-electron chi connectivity index (χ2n) is 12.1. The first-order valence-electron chi connectivity index (χ1n) is 15.3. The average Bonchev–Trinajstić information content (AvgIpc) is 3.78. The zero-order chi connectivity index (χ0) is 29.5. The third kappa shape index (κ3) is 7.71. The van der Waals surface area contributed by atoms with E-state index in [2.05, 4.69) is 54.1 Å². The van der Waals surface area contributed by atoms with Crippen LogP contribution in [0.1, 0.15) is 78.1 Å². The lowest BCUT2D eigenvalue weighted by molar-refractivity contribution is 0.0822. The summed E-state index contributed by atoms with van der Waals surface area (Å²) in [5, 5.41) is 21.8. The van der Waals surface area contributed by atoms with E-state index >= 15 is 0 Å². The Labute approximate surface area is 250 Å². The lowest BCUT2D eigenvalue weighted by Gasteiger charge is -2.28. The number of fused-ring (bicyclic) bond motifs is 4. The quantitative estimate of drug-likeness (QED) is 0.285. The Morgan fingerprint density at radius 2 is 1.90 bits per heavy atom. The van der Waals surface area contributed by atoms with Gasteiger partial charge in [-0.05, 0) is 90.6 Å². The minimum atomic E-state index is -0.803. The second-order valence-corrected chi connectivity index (χ2v) is 12.1. The molecule has 0 aromatic heterocycles. The van der Waals surface area contributed by atoms with Gasteiger partial charge in [0, 0.05) is 37.0 Å². The SMILES string of the molecule is COCc1cc2cc(c1)C(=O)N[C@@H]([C@@H](O)CNC1(c3cccc(C(C)C)c3)CC1)Cc1cccc(c1)OCCCCN2. The maximum Gasteiger partial charge on any atom is 0.251 e. The van der Waals surface area contributed by atoms with Gasteiger partial charge < -0.3 is 30.5 Å². The molecule has 4 N–H and O–H groups in total. The zero-order valence-corrected chi connectivity index (χ0v) is 25.1. The largest absolute Gasteiger partial charge is 0.494 e. The standard InChI is InChI=1S/C35H45N3O4/c1-24(2)27-9-7-10-29(20-27)35(12-13-35)37-22-33(39)32-19-25-8-6-11-31(18-25)42-15-5-4-14-36-30-17-26(23-41-3)16-28(21-30)34(40)38-32/h6-11,16-18,20-21,24,32-33,36-37,39H,4-5,12-15,19,22-23H2,1-3H3,(H,38,40)/t32-,33+/m1/s1. The van der Waals surface area contributed by atoms with Crippen LogP contribution in [-0.2, 0) is 23.3 Å². The van der Waals surface area contributed by atoms with Crippen LogP contribution in [0.25, 0.3) is 0 Å². The molecule has 5 rings (SSSR count). The molecule has 1 amide bonds. The van der Waals surface area contributed by atoms with Crippen LogP contribution in [0, 0.1) is 0 Å². The van der Waals surface area contributed by atoms with Crippen molar-refractivity contribution in [2.24, 2.45) is 0 Å². The number of amides is 1. The highest BCUT2D eigenvalue weighted by atomic mass is 16.5. The van der Waals surface area contributed by atoms with E-state index in [1.165, 1.54) is 11.1 Å². The van der Waals surface area contributed by atoms with Crippen molar-refractivity contribution >= 4 is 11.6 Å². The number of carbonyl (C=O) groups is 1. The fourth-order valence-electron chi connectivity index (χ4n) is 5.71. The molecule has 1 aliphatic heterocycles. The van der Waals surface area contributed by atoms with Crippen LogP contribution in [0.3, 0.4) is 0 Å². The summed E-state index contributed by atoms with van der Waals surface area (Å²) in [6.07, 6.45) is 3.59. The number of methoxy groups -OCH3 is 1. The Bertz CT molecular complexity index is 1350. The number of anilines is 1. The monoisotopic (exact) mass is 571 g/mol. The Balaban J connectivity index is 1.38. The van der Waals surface area contributed by atoms with Crippen molar-refractivity contribution in [1.82, 2.24) is 10.6 Å². The fraction of sp³-hybridized carbons (Fsp3) is 0.457. The number of rotatable bonds is 8. The molecule has 4 bridgehead atoms. The van der Waals surface area contributed by atoms with E-state index in [9.17, 15) is 9.90 Å². The molecule has 1 saturated carbocycles. The first kappa shape index (κ1) is 30.1. The summed E-state index contributed by atoms with van der Waals surface area (Å²) in [6.45, 7) is 6.59. The van der Waals surface area contributed by atoms with Gasteiger partial charge in [-0.15, -0.1) is 0 Å². The highest BCUT2D eigenvalue weighted by Gasteiger charge is 2.44. The molecule has 1 fully saturated rings. The van der Waals surface area contributed by atoms with E-state index in [4.69, 9.17) is 9.47 Å². The molecule has 224 valence electrons. The molecule has 0 spiro atoms. The predicted octanol–water partition coefficient (Wildman–Crippen LogP) is 5.52. The minimum Gasteiger partial charge on any atom is -0.494 e. The maximum absolute atomic E-state index is 13.7. The summed E-state index contributed by atoms with van der Waals surface area (Å²) in [4.78, 5) is 13.7. The van der Waals surface area contributed by atoms with E-state index in [0.29, 0.717) is 37.7 Å². The van der Waals surface area contributed by atoms with Gasteiger partial charge in [0.15, 0.2) is 0 Å². The number of aliphatic hydroxyl groups is 1. The number of nitrogens with one attached hydrogen (secondary N) is 3. The summed E-state index contributed by atoms with van der Waals surface area (Å²) < 4.78 is 11.4. The van der Waals surface area contributed by atoms with Gasteiger partial charge in [0.25, 0.3) is 5.91 Å². The van der Waals surface area contributed by atoms with E-state index < -0.39 is 12.1 Å². The topological polar surface area (TPSA) is 91.9 Å². The van der Waals surface area contributed by atoms with Crippen LogP contribution >= 0.6 is 0 Å². The van der Waals surface area contributed by atoms with E-state index in [0.717, 1.165) is 54.8 Å². The molecule has 1 heterocycles. The molecular weight excluding hydrogens is 526 g/mol. The average molecular weight is 572 g/mol. The Hall–Kier alpha value is -3.39. The molecule has 1 aliphatic carbocycles. The second kappa shape index (κ2) is 13.7. The van der Waals surface area contributed by atoms with Gasteiger partial charge in [0.2, 0.25) is 0 Å². The molecule has 0 radical (unpaired) electrons. The molecule has 0 saturated heterocycles. The van der Waals surface area contributed by atoms with Crippen molar-refractivity contribution in [3.8, 4) is 5.75 Å². The first-order chi connectivity index (χ1) is 20.3. The number of aliphatic hydroxyl groups excluding tert-OH is 1. The minimum absolute atomic E-state index is 0.128. The molecule has 2 aliphatic rings. The lowest BCUT2D eigenvalue weighted by Crippen LogP contribution is -2.50. The predicted molar refractivity (Wildman–Crippen MR) is 167 cm³/mol. The summed E-state index contributed by atoms with van der Waals surface area (Å²) >= 11 is 0. The smallest absolute Gasteiger partial charge is 0.251 e. The van der Waals surface area contributed by atoms with E-state index in [1.54, 1.807) is 7.11 Å². The summed E-state index contributed by atoms with van der Waals surface area (Å²) in [6, 6.07) is 22.0. The summed E-state index contributed by atoms with van der Waals surface area (Å²) in [5.74, 6) is 1.05. The Kier molecular flexibility index (Phi) is 9.83.